The van der Waals surface area contributed by atoms with Gasteiger partial charge in [0.1, 0.15) is 17.3 Å². The molecule has 12 heteroatoms. The Morgan fingerprint density at radius 1 is 0.841 bits per heavy atom. The summed E-state index contributed by atoms with van der Waals surface area (Å²) in [6.45, 7) is 14.9. The molecule has 0 heterocycles. The van der Waals surface area contributed by atoms with Crippen LogP contribution in [0.1, 0.15) is 58.2 Å². The van der Waals surface area contributed by atoms with Crippen molar-refractivity contribution in [2.45, 2.75) is 82.4 Å². The molecule has 0 radical (unpaired) electrons. The molecule has 44 heavy (non-hydrogen) atoms. The average molecular weight is 660 g/mol. The summed E-state index contributed by atoms with van der Waals surface area (Å²) in [5.41, 5.74) is -0.911. The SMILES string of the molecule is CC(C)(C)S(=O)NCC(c1ccccc1)(c1cc(F)cc(OC(F)(F)C(F)F)c1)c1ccc(O[Si](C)(C)C(C)(C)C)c(F)c1. The maximum atomic E-state index is 15.9. The number of alkyl halides is 4. The van der Waals surface area contributed by atoms with Gasteiger partial charge in [-0.2, -0.15) is 17.6 Å². The van der Waals surface area contributed by atoms with Gasteiger partial charge in [0, 0.05) is 12.6 Å². The molecule has 3 rings (SSSR count). The van der Waals surface area contributed by atoms with Crippen molar-refractivity contribution in [2.75, 3.05) is 6.54 Å². The molecule has 2 unspecified atom stereocenters. The standard InChI is InChI=1S/C32H39F6NO3SSi/c1-29(2,3)43(40)39-20-31(21-12-10-9-11-13-21,23-16-24(33)19-25(17-23)41-32(37,38)28(35)36)22-14-15-27(26(34)18-22)42-44(7,8)30(4,5)6/h9-19,28,39H,20H2,1-8H3. The first-order chi connectivity index (χ1) is 20.1. The van der Waals surface area contributed by atoms with Crippen LogP contribution < -0.4 is 13.9 Å². The largest absolute Gasteiger partial charge is 0.542 e. The quantitative estimate of drug-likeness (QED) is 0.127. The number of hydrogen-bond acceptors (Lipinski definition) is 3. The Morgan fingerprint density at radius 3 is 1.98 bits per heavy atom. The Balaban J connectivity index is 2.33. The maximum Gasteiger partial charge on any atom is 0.461 e. The van der Waals surface area contributed by atoms with Crippen molar-refractivity contribution in [2.24, 2.45) is 0 Å². The first-order valence-corrected chi connectivity index (χ1v) is 18.0. The van der Waals surface area contributed by atoms with Gasteiger partial charge >= 0.3 is 12.5 Å². The van der Waals surface area contributed by atoms with Gasteiger partial charge in [-0.3, -0.25) is 0 Å². The minimum Gasteiger partial charge on any atom is -0.542 e. The third kappa shape index (κ3) is 7.87. The van der Waals surface area contributed by atoms with E-state index in [0.717, 1.165) is 12.1 Å². The zero-order valence-corrected chi connectivity index (χ0v) is 27.9. The van der Waals surface area contributed by atoms with Gasteiger partial charge in [-0.15, -0.1) is 0 Å². The van der Waals surface area contributed by atoms with Gasteiger partial charge in [0.05, 0.1) is 21.1 Å². The molecule has 0 bridgehead atoms. The fraction of sp³-hybridized carbons (Fsp3) is 0.438. The number of hydrogen-bond donors (Lipinski definition) is 1. The van der Waals surface area contributed by atoms with Crippen molar-refractivity contribution in [1.29, 1.82) is 0 Å². The van der Waals surface area contributed by atoms with Crippen LogP contribution in [0.25, 0.3) is 0 Å². The molecule has 0 spiro atoms. The molecule has 0 aromatic heterocycles. The topological polar surface area (TPSA) is 47.6 Å². The van der Waals surface area contributed by atoms with E-state index < -0.39 is 59.4 Å². The molecule has 2 atom stereocenters. The average Bonchev–Trinajstić information content (AvgIpc) is 2.89. The summed E-state index contributed by atoms with van der Waals surface area (Å²) in [5, 5.41) is -0.231. The van der Waals surface area contributed by atoms with Crippen molar-refractivity contribution < 1.29 is 39.7 Å². The highest BCUT2D eigenvalue weighted by Gasteiger charge is 2.45. The molecule has 0 aliphatic heterocycles. The molecule has 242 valence electrons. The van der Waals surface area contributed by atoms with Crippen LogP contribution in [0.2, 0.25) is 18.1 Å². The second-order valence-electron chi connectivity index (χ2n) is 13.1. The summed E-state index contributed by atoms with van der Waals surface area (Å²) in [5.74, 6) is -2.63. The van der Waals surface area contributed by atoms with Crippen LogP contribution in [0, 0.1) is 11.6 Å². The molecule has 4 nitrogen and oxygen atoms in total. The molecule has 1 N–H and O–H groups in total. The number of rotatable bonds is 11. The number of nitrogens with one attached hydrogen (secondary N) is 1. The van der Waals surface area contributed by atoms with E-state index in [4.69, 9.17) is 4.43 Å². The molecule has 0 amide bonds. The summed E-state index contributed by atoms with van der Waals surface area (Å²) in [6, 6.07) is 15.2. The van der Waals surface area contributed by atoms with Gasteiger partial charge in [-0.25, -0.2) is 17.7 Å². The van der Waals surface area contributed by atoms with E-state index in [0.29, 0.717) is 11.6 Å². The van der Waals surface area contributed by atoms with E-state index in [1.54, 1.807) is 57.2 Å². The fourth-order valence-electron chi connectivity index (χ4n) is 4.27. The highest BCUT2D eigenvalue weighted by Crippen LogP contribution is 2.44. The van der Waals surface area contributed by atoms with Gasteiger partial charge in [0.25, 0.3) is 8.32 Å². The van der Waals surface area contributed by atoms with Gasteiger partial charge in [-0.1, -0.05) is 57.2 Å². The van der Waals surface area contributed by atoms with Crippen molar-refractivity contribution in [1.82, 2.24) is 4.72 Å². The predicted molar refractivity (Wildman–Crippen MR) is 164 cm³/mol. The first kappa shape index (κ1) is 35.6. The Bertz CT molecular complexity index is 1480. The molecule has 0 aliphatic rings. The second-order valence-corrected chi connectivity index (χ2v) is 19.9. The zero-order chi connectivity index (χ0) is 33.3. The van der Waals surface area contributed by atoms with Crippen molar-refractivity contribution >= 4 is 19.3 Å². The predicted octanol–water partition coefficient (Wildman–Crippen LogP) is 8.97. The van der Waals surface area contributed by atoms with Crippen LogP contribution in [0.4, 0.5) is 26.3 Å². The number of benzene rings is 3. The smallest absolute Gasteiger partial charge is 0.461 e. The highest BCUT2D eigenvalue weighted by atomic mass is 32.2. The lowest BCUT2D eigenvalue weighted by Gasteiger charge is -2.38. The van der Waals surface area contributed by atoms with Crippen LogP contribution in [0.5, 0.6) is 11.5 Å². The molecular weight excluding hydrogens is 620 g/mol. The first-order valence-electron chi connectivity index (χ1n) is 14.0. The summed E-state index contributed by atoms with van der Waals surface area (Å²) in [4.78, 5) is 0. The van der Waals surface area contributed by atoms with E-state index in [9.17, 15) is 21.8 Å². The number of ether oxygens (including phenoxy) is 1. The van der Waals surface area contributed by atoms with Crippen molar-refractivity contribution in [3.05, 3.63) is 95.1 Å². The van der Waals surface area contributed by atoms with Gasteiger partial charge in [-0.05, 0) is 79.9 Å². The molecule has 0 saturated heterocycles. The molecule has 3 aromatic carbocycles. The Labute approximate surface area is 258 Å². The van der Waals surface area contributed by atoms with E-state index in [1.807, 2.05) is 33.9 Å². The lowest BCUT2D eigenvalue weighted by molar-refractivity contribution is -0.253. The molecule has 3 aromatic rings. The summed E-state index contributed by atoms with van der Waals surface area (Å²) in [6.07, 6.45) is -9.08. The highest BCUT2D eigenvalue weighted by molar-refractivity contribution is 7.84. The Morgan fingerprint density at radius 2 is 1.45 bits per heavy atom. The Hall–Kier alpha value is -2.83. The summed E-state index contributed by atoms with van der Waals surface area (Å²) in [7, 11) is -4.14. The summed E-state index contributed by atoms with van der Waals surface area (Å²) < 4.78 is 111. The maximum absolute atomic E-state index is 15.9. The minimum absolute atomic E-state index is 0.00775. The van der Waals surface area contributed by atoms with Crippen molar-refractivity contribution in [3.8, 4) is 11.5 Å². The van der Waals surface area contributed by atoms with Gasteiger partial charge in [0.2, 0.25) is 0 Å². The molecular formula is C32H39F6NO3SSi. The second kappa shape index (κ2) is 12.9. The molecule has 0 fully saturated rings. The van der Waals surface area contributed by atoms with E-state index in [-0.39, 0.29) is 28.5 Å². The zero-order valence-electron chi connectivity index (χ0n) is 26.0. The molecule has 0 saturated carbocycles. The van der Waals surface area contributed by atoms with Gasteiger partial charge < -0.3 is 9.16 Å². The van der Waals surface area contributed by atoms with Crippen LogP contribution in [-0.4, -0.2) is 36.4 Å². The monoisotopic (exact) mass is 659 g/mol. The van der Waals surface area contributed by atoms with Crippen LogP contribution in [-0.2, 0) is 16.4 Å². The summed E-state index contributed by atoms with van der Waals surface area (Å²) >= 11 is 0. The van der Waals surface area contributed by atoms with Gasteiger partial charge in [0.15, 0.2) is 5.82 Å². The van der Waals surface area contributed by atoms with E-state index in [1.165, 1.54) is 12.1 Å². The normalized spacial score (nSPS) is 15.2. The lowest BCUT2D eigenvalue weighted by Crippen LogP contribution is -2.45. The third-order valence-corrected chi connectivity index (χ3v) is 13.6. The van der Waals surface area contributed by atoms with Crippen LogP contribution in [0.3, 0.4) is 0 Å². The number of halogens is 6. The fourth-order valence-corrected chi connectivity index (χ4v) is 6.07. The third-order valence-electron chi connectivity index (χ3n) is 7.76. The van der Waals surface area contributed by atoms with E-state index >= 15 is 8.78 Å². The lowest BCUT2D eigenvalue weighted by atomic mass is 9.69. The minimum atomic E-state index is -4.90. The molecule has 0 aliphatic carbocycles. The van der Waals surface area contributed by atoms with Crippen LogP contribution >= 0.6 is 0 Å². The Kier molecular flexibility index (Phi) is 10.4. The van der Waals surface area contributed by atoms with E-state index in [2.05, 4.69) is 9.46 Å². The van der Waals surface area contributed by atoms with Crippen LogP contribution in [0.15, 0.2) is 66.7 Å². The van der Waals surface area contributed by atoms with Crippen molar-refractivity contribution in [3.63, 3.8) is 0 Å².